The summed E-state index contributed by atoms with van der Waals surface area (Å²) in [5, 5.41) is 17.8. The molecule has 0 rings (SSSR count). The molecule has 0 amide bonds. The number of aliphatic hydroxyl groups is 2. The van der Waals surface area contributed by atoms with E-state index >= 15 is 0 Å². The summed E-state index contributed by atoms with van der Waals surface area (Å²) in [4.78, 5) is 0. The maximum Gasteiger partial charge on any atom is 0.118 e. The van der Waals surface area contributed by atoms with Gasteiger partial charge in [-0.3, -0.25) is 0 Å². The van der Waals surface area contributed by atoms with Crippen molar-refractivity contribution in [1.29, 1.82) is 0 Å². The predicted molar refractivity (Wildman–Crippen MR) is 96.4 cm³/mol. The Bertz CT molecular complexity index is 194. The normalized spacial score (nSPS) is 11.5. The maximum absolute atomic E-state index is 9.14. The highest BCUT2D eigenvalue weighted by Crippen LogP contribution is 2.14. The van der Waals surface area contributed by atoms with E-state index in [0.29, 0.717) is 6.42 Å². The van der Waals surface area contributed by atoms with Gasteiger partial charge in [-0.15, -0.1) is 0 Å². The number of rotatable bonds is 18. The van der Waals surface area contributed by atoms with Gasteiger partial charge in [-0.05, 0) is 6.42 Å². The third kappa shape index (κ3) is 18.0. The van der Waals surface area contributed by atoms with Gasteiger partial charge in [-0.2, -0.15) is 0 Å². The Labute approximate surface area is 139 Å². The van der Waals surface area contributed by atoms with Crippen LogP contribution < -0.4 is 0 Å². The van der Waals surface area contributed by atoms with E-state index < -0.39 is 0 Å². The van der Waals surface area contributed by atoms with Crippen LogP contribution in [0.5, 0.6) is 0 Å². The van der Waals surface area contributed by atoms with E-state index in [-0.39, 0.29) is 12.7 Å². The quantitative estimate of drug-likeness (QED) is 0.282. The second-order valence-electron chi connectivity index (χ2n) is 6.78. The minimum Gasteiger partial charge on any atom is -0.393 e. The highest BCUT2D eigenvalue weighted by Gasteiger charge is 2.01. The number of aliphatic hydroxyl groups excluding tert-OH is 2. The third-order valence-corrected chi connectivity index (χ3v) is 4.50. The van der Waals surface area contributed by atoms with Crippen LogP contribution in [-0.2, 0) is 0 Å². The van der Waals surface area contributed by atoms with Crippen molar-refractivity contribution in [2.75, 3.05) is 6.61 Å². The van der Waals surface area contributed by atoms with Crippen LogP contribution in [0, 0.1) is 6.10 Å². The Hall–Kier alpha value is -0.0800. The molecule has 133 valence electrons. The van der Waals surface area contributed by atoms with Gasteiger partial charge in [0.2, 0.25) is 0 Å². The van der Waals surface area contributed by atoms with Crippen LogP contribution in [0.25, 0.3) is 0 Å². The highest BCUT2D eigenvalue weighted by atomic mass is 16.3. The van der Waals surface area contributed by atoms with Crippen molar-refractivity contribution in [2.45, 2.75) is 116 Å². The van der Waals surface area contributed by atoms with Gasteiger partial charge in [-0.1, -0.05) is 110 Å². The van der Waals surface area contributed by atoms with Crippen LogP contribution in [0.15, 0.2) is 0 Å². The summed E-state index contributed by atoms with van der Waals surface area (Å²) in [6.45, 7) is 2.11. The first kappa shape index (κ1) is 21.9. The molecule has 0 atom stereocenters. The first-order valence-corrected chi connectivity index (χ1v) is 9.95. The van der Waals surface area contributed by atoms with Crippen molar-refractivity contribution in [3.05, 3.63) is 6.10 Å². The molecule has 0 heterocycles. The topological polar surface area (TPSA) is 40.5 Å². The molecule has 0 aliphatic carbocycles. The zero-order valence-electron chi connectivity index (χ0n) is 15.1. The molecule has 2 heteroatoms. The highest BCUT2D eigenvalue weighted by molar-refractivity contribution is 4.72. The van der Waals surface area contributed by atoms with Crippen molar-refractivity contribution in [1.82, 2.24) is 0 Å². The molecule has 0 aromatic rings. The second-order valence-corrected chi connectivity index (χ2v) is 6.78. The zero-order valence-corrected chi connectivity index (χ0v) is 15.1. The van der Waals surface area contributed by atoms with Crippen LogP contribution in [0.3, 0.4) is 0 Å². The Balaban J connectivity index is 2.97. The van der Waals surface area contributed by atoms with E-state index in [1.807, 2.05) is 0 Å². The van der Waals surface area contributed by atoms with Crippen molar-refractivity contribution in [3.63, 3.8) is 0 Å². The molecule has 0 aliphatic heterocycles. The molecule has 0 saturated carbocycles. The minimum atomic E-state index is -0.168. The van der Waals surface area contributed by atoms with Crippen LogP contribution in [0.4, 0.5) is 0 Å². The van der Waals surface area contributed by atoms with Crippen molar-refractivity contribution in [3.8, 4) is 0 Å². The molecule has 0 aliphatic rings. The Kier molecular flexibility index (Phi) is 18.9. The van der Waals surface area contributed by atoms with Gasteiger partial charge < -0.3 is 10.2 Å². The van der Waals surface area contributed by atoms with Crippen LogP contribution in [0.2, 0.25) is 0 Å². The van der Waals surface area contributed by atoms with E-state index in [9.17, 15) is 0 Å². The van der Waals surface area contributed by atoms with Gasteiger partial charge in [0.25, 0.3) is 0 Å². The fourth-order valence-electron chi connectivity index (χ4n) is 2.96. The van der Waals surface area contributed by atoms with Gasteiger partial charge in [0.05, 0.1) is 6.61 Å². The molecule has 22 heavy (non-hydrogen) atoms. The molecular formula is C20H41O2. The summed E-state index contributed by atoms with van der Waals surface area (Å²) in [6.07, 6.45) is 22.7. The SMILES string of the molecule is CCCCCCCCCCCCCCCCCC[C](O)CO. The smallest absolute Gasteiger partial charge is 0.118 e. The van der Waals surface area contributed by atoms with Crippen molar-refractivity contribution < 1.29 is 10.2 Å². The van der Waals surface area contributed by atoms with Gasteiger partial charge in [-0.25, -0.2) is 0 Å². The van der Waals surface area contributed by atoms with E-state index in [4.69, 9.17) is 10.2 Å². The average molecular weight is 314 g/mol. The first-order valence-electron chi connectivity index (χ1n) is 9.95. The summed E-state index contributed by atoms with van der Waals surface area (Å²) < 4.78 is 0. The van der Waals surface area contributed by atoms with E-state index in [1.54, 1.807) is 0 Å². The van der Waals surface area contributed by atoms with E-state index in [2.05, 4.69) is 6.92 Å². The number of unbranched alkanes of at least 4 members (excludes halogenated alkanes) is 15. The van der Waals surface area contributed by atoms with Crippen LogP contribution in [-0.4, -0.2) is 16.8 Å². The van der Waals surface area contributed by atoms with Crippen LogP contribution in [0.1, 0.15) is 116 Å². The predicted octanol–water partition coefficient (Wildman–Crippen LogP) is 6.53. The molecule has 0 aromatic carbocycles. The molecule has 1 radical (unpaired) electrons. The molecular weight excluding hydrogens is 272 g/mol. The van der Waals surface area contributed by atoms with Gasteiger partial charge >= 0.3 is 0 Å². The molecule has 0 bridgehead atoms. The van der Waals surface area contributed by atoms with Gasteiger partial charge in [0.1, 0.15) is 6.10 Å². The van der Waals surface area contributed by atoms with Crippen molar-refractivity contribution in [2.24, 2.45) is 0 Å². The maximum atomic E-state index is 9.14. The van der Waals surface area contributed by atoms with Gasteiger partial charge in [0.15, 0.2) is 0 Å². The summed E-state index contributed by atoms with van der Waals surface area (Å²) in [7, 11) is 0. The minimum absolute atomic E-state index is 0.168. The van der Waals surface area contributed by atoms with E-state index in [1.165, 1.54) is 96.3 Å². The number of hydrogen-bond donors (Lipinski definition) is 2. The van der Waals surface area contributed by atoms with Crippen LogP contribution >= 0.6 is 0 Å². The Morgan fingerprint density at radius 3 is 1.18 bits per heavy atom. The first-order chi connectivity index (χ1) is 10.8. The fourth-order valence-corrected chi connectivity index (χ4v) is 2.96. The zero-order chi connectivity index (χ0) is 16.3. The lowest BCUT2D eigenvalue weighted by molar-refractivity contribution is 0.175. The molecule has 2 nitrogen and oxygen atoms in total. The van der Waals surface area contributed by atoms with Gasteiger partial charge in [0, 0.05) is 0 Å². The molecule has 2 N–H and O–H groups in total. The Morgan fingerprint density at radius 1 is 0.545 bits per heavy atom. The summed E-state index contributed by atoms with van der Waals surface area (Å²) in [6, 6.07) is 0. The summed E-state index contributed by atoms with van der Waals surface area (Å²) in [5.41, 5.74) is 0. The number of hydrogen-bond acceptors (Lipinski definition) is 2. The average Bonchev–Trinajstić information content (AvgIpc) is 2.54. The fraction of sp³-hybridized carbons (Fsp3) is 0.950. The molecule has 0 unspecified atom stereocenters. The molecule has 0 spiro atoms. The summed E-state index contributed by atoms with van der Waals surface area (Å²) in [5.74, 6) is 0. The van der Waals surface area contributed by atoms with E-state index in [0.717, 1.165) is 6.42 Å². The van der Waals surface area contributed by atoms with Crippen molar-refractivity contribution >= 4 is 0 Å². The monoisotopic (exact) mass is 313 g/mol. The Morgan fingerprint density at radius 2 is 0.864 bits per heavy atom. The lowest BCUT2D eigenvalue weighted by atomic mass is 10.0. The molecule has 0 fully saturated rings. The molecule has 0 saturated heterocycles. The third-order valence-electron chi connectivity index (χ3n) is 4.50. The second kappa shape index (κ2) is 19.0. The summed E-state index contributed by atoms with van der Waals surface area (Å²) >= 11 is 0. The molecule has 0 aromatic heterocycles. The lowest BCUT2D eigenvalue weighted by Gasteiger charge is -2.05. The largest absolute Gasteiger partial charge is 0.393 e. The standard InChI is InChI=1S/C20H41O2/c1-2-3-4-5-6-7-8-9-10-11-12-13-14-15-16-17-18-20(22)19-21/h21-22H,2-19H2,1H3. The lowest BCUT2D eigenvalue weighted by Crippen LogP contribution is -2.00.